The van der Waals surface area contributed by atoms with Crippen molar-refractivity contribution >= 4 is 23.2 Å². The molecule has 1 atom stereocenters. The zero-order valence-electron chi connectivity index (χ0n) is 16.3. The molecule has 2 aromatic rings. The Labute approximate surface area is 174 Å². The maximum atomic E-state index is 12.8. The Balaban J connectivity index is 1.33. The summed E-state index contributed by atoms with van der Waals surface area (Å²) >= 11 is 1.65. The standard InChI is InChI=1S/C22H24N4O2S/c23-12-15-3-5-17(6-4-15)22(28)26-11-1-2-18(13-26)21-25-19(14-29-21)9-10-24-20(27)16-7-8-16/h3-6,14,16,18H,1-2,7-11,13H2,(H,24,27)/t18-/m1/s1. The molecule has 0 radical (unpaired) electrons. The van der Waals surface area contributed by atoms with Crippen molar-refractivity contribution in [2.24, 2.45) is 5.92 Å². The number of amides is 2. The van der Waals surface area contributed by atoms with Gasteiger partial charge in [0, 0.05) is 48.8 Å². The lowest BCUT2D eigenvalue weighted by atomic mass is 9.98. The van der Waals surface area contributed by atoms with Gasteiger partial charge in [-0.25, -0.2) is 4.98 Å². The number of aromatic nitrogens is 1. The van der Waals surface area contributed by atoms with Gasteiger partial charge in [-0.1, -0.05) is 0 Å². The fraction of sp³-hybridized carbons (Fsp3) is 0.455. The fourth-order valence-corrected chi connectivity index (χ4v) is 4.64. The lowest BCUT2D eigenvalue weighted by molar-refractivity contribution is -0.122. The van der Waals surface area contributed by atoms with Crippen molar-refractivity contribution in [1.82, 2.24) is 15.2 Å². The van der Waals surface area contributed by atoms with Crippen LogP contribution in [0, 0.1) is 17.2 Å². The van der Waals surface area contributed by atoms with Gasteiger partial charge < -0.3 is 10.2 Å². The second-order valence-electron chi connectivity index (χ2n) is 7.77. The number of thiazole rings is 1. The molecule has 1 aromatic heterocycles. The number of benzene rings is 1. The van der Waals surface area contributed by atoms with E-state index in [1.54, 1.807) is 35.6 Å². The van der Waals surface area contributed by atoms with E-state index in [2.05, 4.69) is 16.8 Å². The topological polar surface area (TPSA) is 86.1 Å². The Morgan fingerprint density at radius 3 is 2.76 bits per heavy atom. The maximum Gasteiger partial charge on any atom is 0.253 e. The smallest absolute Gasteiger partial charge is 0.253 e. The number of nitriles is 1. The second-order valence-corrected chi connectivity index (χ2v) is 8.66. The van der Waals surface area contributed by atoms with E-state index in [1.165, 1.54) is 0 Å². The number of hydrogen-bond donors (Lipinski definition) is 1. The first kappa shape index (κ1) is 19.6. The van der Waals surface area contributed by atoms with E-state index in [4.69, 9.17) is 10.2 Å². The van der Waals surface area contributed by atoms with Gasteiger partial charge in [0.25, 0.3) is 5.91 Å². The molecule has 1 saturated carbocycles. The van der Waals surface area contributed by atoms with Crippen molar-refractivity contribution in [2.75, 3.05) is 19.6 Å². The van der Waals surface area contributed by atoms with Gasteiger partial charge in [0.2, 0.25) is 5.91 Å². The summed E-state index contributed by atoms with van der Waals surface area (Å²) < 4.78 is 0. The van der Waals surface area contributed by atoms with Crippen molar-refractivity contribution in [3.05, 3.63) is 51.5 Å². The van der Waals surface area contributed by atoms with E-state index in [9.17, 15) is 9.59 Å². The first-order valence-corrected chi connectivity index (χ1v) is 11.0. The van der Waals surface area contributed by atoms with E-state index in [-0.39, 0.29) is 23.7 Å². The van der Waals surface area contributed by atoms with Gasteiger partial charge in [-0.05, 0) is 49.9 Å². The van der Waals surface area contributed by atoms with Gasteiger partial charge in [0.1, 0.15) is 0 Å². The monoisotopic (exact) mass is 408 g/mol. The number of nitrogens with zero attached hydrogens (tertiary/aromatic N) is 3. The zero-order valence-corrected chi connectivity index (χ0v) is 17.1. The number of piperidine rings is 1. The van der Waals surface area contributed by atoms with E-state index in [0.29, 0.717) is 24.2 Å². The summed E-state index contributed by atoms with van der Waals surface area (Å²) in [5.74, 6) is 0.678. The molecular weight excluding hydrogens is 384 g/mol. The molecule has 0 unspecified atom stereocenters. The normalized spacial score (nSPS) is 18.9. The van der Waals surface area contributed by atoms with Gasteiger partial charge in [0.15, 0.2) is 0 Å². The third-order valence-electron chi connectivity index (χ3n) is 5.52. The number of hydrogen-bond acceptors (Lipinski definition) is 5. The summed E-state index contributed by atoms with van der Waals surface area (Å²) in [6.07, 6.45) is 4.77. The van der Waals surface area contributed by atoms with Crippen LogP contribution in [0.25, 0.3) is 0 Å². The van der Waals surface area contributed by atoms with Gasteiger partial charge in [0.05, 0.1) is 22.3 Å². The highest BCUT2D eigenvalue weighted by molar-refractivity contribution is 7.09. The van der Waals surface area contributed by atoms with Crippen LogP contribution in [0.3, 0.4) is 0 Å². The lowest BCUT2D eigenvalue weighted by Crippen LogP contribution is -2.39. The largest absolute Gasteiger partial charge is 0.355 e. The Kier molecular flexibility index (Phi) is 5.91. The van der Waals surface area contributed by atoms with Crippen LogP contribution in [-0.2, 0) is 11.2 Å². The quantitative estimate of drug-likeness (QED) is 0.796. The number of likely N-dealkylation sites (tertiary alicyclic amines) is 1. The summed E-state index contributed by atoms with van der Waals surface area (Å²) in [6, 6.07) is 8.89. The number of carbonyl (C=O) groups excluding carboxylic acids is 2. The summed E-state index contributed by atoms with van der Waals surface area (Å²) in [5.41, 5.74) is 2.19. The number of carbonyl (C=O) groups is 2. The average Bonchev–Trinajstić information content (AvgIpc) is 3.52. The minimum atomic E-state index is 0.0127. The Morgan fingerprint density at radius 2 is 2.03 bits per heavy atom. The summed E-state index contributed by atoms with van der Waals surface area (Å²) in [4.78, 5) is 31.2. The van der Waals surface area contributed by atoms with Crippen LogP contribution in [0.2, 0.25) is 0 Å². The Bertz CT molecular complexity index is 927. The van der Waals surface area contributed by atoms with Crippen molar-refractivity contribution in [1.29, 1.82) is 5.26 Å². The number of rotatable bonds is 6. The van der Waals surface area contributed by atoms with Gasteiger partial charge in [-0.2, -0.15) is 5.26 Å². The molecule has 29 heavy (non-hydrogen) atoms. The van der Waals surface area contributed by atoms with Gasteiger partial charge in [-0.3, -0.25) is 9.59 Å². The van der Waals surface area contributed by atoms with Gasteiger partial charge in [-0.15, -0.1) is 11.3 Å². The molecule has 6 nitrogen and oxygen atoms in total. The molecule has 0 spiro atoms. The molecule has 1 N–H and O–H groups in total. The first-order chi connectivity index (χ1) is 14.1. The molecule has 2 fully saturated rings. The minimum Gasteiger partial charge on any atom is -0.355 e. The van der Waals surface area contributed by atoms with Crippen molar-refractivity contribution in [2.45, 2.75) is 38.0 Å². The van der Waals surface area contributed by atoms with Crippen LogP contribution in [0.4, 0.5) is 0 Å². The highest BCUT2D eigenvalue weighted by atomic mass is 32.1. The minimum absolute atomic E-state index is 0.0127. The summed E-state index contributed by atoms with van der Waals surface area (Å²) in [5, 5.41) is 15.0. The van der Waals surface area contributed by atoms with Crippen LogP contribution >= 0.6 is 11.3 Å². The Hall–Kier alpha value is -2.72. The number of nitrogens with one attached hydrogen (secondary N) is 1. The van der Waals surface area contributed by atoms with E-state index in [0.717, 1.165) is 49.4 Å². The highest BCUT2D eigenvalue weighted by Crippen LogP contribution is 2.30. The molecule has 150 valence electrons. The molecule has 2 amide bonds. The molecule has 1 aromatic carbocycles. The molecule has 2 heterocycles. The average molecular weight is 409 g/mol. The molecule has 4 rings (SSSR count). The molecular formula is C22H24N4O2S. The van der Waals surface area contributed by atoms with Crippen LogP contribution in [0.5, 0.6) is 0 Å². The van der Waals surface area contributed by atoms with Crippen molar-refractivity contribution in [3.63, 3.8) is 0 Å². The second kappa shape index (κ2) is 8.75. The van der Waals surface area contributed by atoms with Crippen molar-refractivity contribution < 1.29 is 9.59 Å². The first-order valence-electron chi connectivity index (χ1n) is 10.2. The third-order valence-corrected chi connectivity index (χ3v) is 6.57. The van der Waals surface area contributed by atoms with Crippen LogP contribution < -0.4 is 5.32 Å². The van der Waals surface area contributed by atoms with Gasteiger partial charge >= 0.3 is 0 Å². The van der Waals surface area contributed by atoms with E-state index < -0.39 is 0 Å². The van der Waals surface area contributed by atoms with E-state index in [1.807, 2.05) is 4.90 Å². The van der Waals surface area contributed by atoms with Crippen LogP contribution in [0.1, 0.15) is 58.2 Å². The summed E-state index contributed by atoms with van der Waals surface area (Å²) in [6.45, 7) is 2.05. The van der Waals surface area contributed by atoms with Crippen LogP contribution in [-0.4, -0.2) is 41.3 Å². The summed E-state index contributed by atoms with van der Waals surface area (Å²) in [7, 11) is 0. The SMILES string of the molecule is N#Cc1ccc(C(=O)N2CCC[C@@H](c3nc(CCNC(=O)C4CC4)cs3)C2)cc1. The lowest BCUT2D eigenvalue weighted by Gasteiger charge is -2.32. The molecule has 2 aliphatic rings. The molecule has 1 aliphatic carbocycles. The molecule has 1 saturated heterocycles. The molecule has 1 aliphatic heterocycles. The molecule has 7 heteroatoms. The predicted molar refractivity (Wildman–Crippen MR) is 111 cm³/mol. The fourth-order valence-electron chi connectivity index (χ4n) is 3.66. The Morgan fingerprint density at radius 1 is 1.24 bits per heavy atom. The van der Waals surface area contributed by atoms with Crippen LogP contribution in [0.15, 0.2) is 29.6 Å². The maximum absolute atomic E-state index is 12.8. The highest BCUT2D eigenvalue weighted by Gasteiger charge is 2.29. The van der Waals surface area contributed by atoms with Crippen molar-refractivity contribution in [3.8, 4) is 6.07 Å². The third kappa shape index (κ3) is 4.83. The molecule has 0 bridgehead atoms. The predicted octanol–water partition coefficient (Wildman–Crippen LogP) is 3.10. The zero-order chi connectivity index (χ0) is 20.2. The van der Waals surface area contributed by atoms with E-state index >= 15 is 0 Å².